The van der Waals surface area contributed by atoms with E-state index >= 15 is 0 Å². The second-order valence-electron chi connectivity index (χ2n) is 6.66. The highest BCUT2D eigenvalue weighted by molar-refractivity contribution is 7.80. The van der Waals surface area contributed by atoms with Gasteiger partial charge in [-0.15, -0.1) is 0 Å². The molecule has 0 aromatic heterocycles. The lowest BCUT2D eigenvalue weighted by molar-refractivity contribution is -0.917. The van der Waals surface area contributed by atoms with Crippen LogP contribution in [0.5, 0.6) is 0 Å². The Morgan fingerprint density at radius 1 is 1.35 bits per heavy atom. The summed E-state index contributed by atoms with van der Waals surface area (Å²) in [6.45, 7) is 9.46. The highest BCUT2D eigenvalue weighted by atomic mass is 32.1. The van der Waals surface area contributed by atoms with Crippen LogP contribution in [0, 0.1) is 6.92 Å². The van der Waals surface area contributed by atoms with Gasteiger partial charge in [0.2, 0.25) is 0 Å². The van der Waals surface area contributed by atoms with Gasteiger partial charge >= 0.3 is 0 Å². The van der Waals surface area contributed by atoms with Crippen molar-refractivity contribution in [1.29, 1.82) is 0 Å². The number of thiocarbonyl (C=S) groups is 1. The van der Waals surface area contributed by atoms with Crippen LogP contribution in [-0.2, 0) is 11.3 Å². The number of rotatable bonds is 4. The molecule has 23 heavy (non-hydrogen) atoms. The third-order valence-corrected chi connectivity index (χ3v) is 5.37. The lowest BCUT2D eigenvalue weighted by Crippen LogP contribution is -3.13. The summed E-state index contributed by atoms with van der Waals surface area (Å²) in [6.07, 6.45) is 2.69. The van der Waals surface area contributed by atoms with Crippen molar-refractivity contribution >= 4 is 17.3 Å². The Bertz CT molecular complexity index is 523. The van der Waals surface area contributed by atoms with Crippen molar-refractivity contribution in [2.24, 2.45) is 0 Å². The molecule has 0 saturated carbocycles. The fraction of sp³-hybridized carbons (Fsp3) is 0.611. The Balaban J connectivity index is 1.41. The smallest absolute Gasteiger partial charge is 0.169 e. The number of quaternary nitrogens is 1. The molecular formula is C18H28N3OS+. The molecule has 0 amide bonds. The van der Waals surface area contributed by atoms with Gasteiger partial charge in [-0.3, -0.25) is 0 Å². The molecule has 2 N–H and O–H groups in total. The quantitative estimate of drug-likeness (QED) is 0.795. The van der Waals surface area contributed by atoms with Crippen LogP contribution < -0.4 is 10.2 Å². The molecule has 0 bridgehead atoms. The van der Waals surface area contributed by atoms with Crippen LogP contribution in [0.3, 0.4) is 0 Å². The number of piperazine rings is 1. The van der Waals surface area contributed by atoms with Gasteiger partial charge < -0.3 is 19.9 Å². The molecule has 5 heteroatoms. The lowest BCUT2D eigenvalue weighted by atomic mass is 10.1. The zero-order valence-electron chi connectivity index (χ0n) is 14.0. The summed E-state index contributed by atoms with van der Waals surface area (Å²) in [7, 11) is 0. The Morgan fingerprint density at radius 3 is 2.83 bits per heavy atom. The minimum Gasteiger partial charge on any atom is -0.376 e. The number of benzene rings is 1. The van der Waals surface area contributed by atoms with E-state index in [0.717, 1.165) is 57.4 Å². The maximum absolute atomic E-state index is 5.64. The third-order valence-electron chi connectivity index (χ3n) is 4.96. The molecule has 2 heterocycles. The first-order chi connectivity index (χ1) is 11.2. The van der Waals surface area contributed by atoms with Crippen molar-refractivity contribution in [2.75, 3.05) is 39.3 Å². The van der Waals surface area contributed by atoms with Crippen LogP contribution >= 0.6 is 12.2 Å². The second kappa shape index (κ2) is 8.08. The molecule has 1 atom stereocenters. The topological polar surface area (TPSA) is 28.9 Å². The van der Waals surface area contributed by atoms with Gasteiger partial charge in [0.25, 0.3) is 0 Å². The third kappa shape index (κ3) is 4.66. The summed E-state index contributed by atoms with van der Waals surface area (Å²) < 4.78 is 5.64. The van der Waals surface area contributed by atoms with Crippen molar-refractivity contribution in [3.8, 4) is 0 Å². The summed E-state index contributed by atoms with van der Waals surface area (Å²) in [6, 6.07) is 8.71. The van der Waals surface area contributed by atoms with Crippen LogP contribution in [0.4, 0.5) is 0 Å². The van der Waals surface area contributed by atoms with Gasteiger partial charge in [0.05, 0.1) is 32.3 Å². The predicted molar refractivity (Wildman–Crippen MR) is 96.7 cm³/mol. The lowest BCUT2D eigenvalue weighted by Gasteiger charge is -2.34. The average molecular weight is 335 g/mol. The van der Waals surface area contributed by atoms with Gasteiger partial charge in [-0.05, 0) is 37.5 Å². The number of nitrogens with zero attached hydrogens (tertiary/aromatic N) is 1. The average Bonchev–Trinajstić information content (AvgIpc) is 3.09. The first kappa shape index (κ1) is 16.7. The van der Waals surface area contributed by atoms with E-state index in [2.05, 4.69) is 41.4 Å². The largest absolute Gasteiger partial charge is 0.376 e. The Morgan fingerprint density at radius 2 is 2.13 bits per heavy atom. The molecule has 0 aliphatic carbocycles. The monoisotopic (exact) mass is 334 g/mol. The number of nitrogens with one attached hydrogen (secondary N) is 2. The summed E-state index contributed by atoms with van der Waals surface area (Å²) >= 11 is 5.55. The molecule has 126 valence electrons. The molecule has 0 radical (unpaired) electrons. The number of aryl methyl sites for hydroxylation is 1. The van der Waals surface area contributed by atoms with Gasteiger partial charge in [-0.25, -0.2) is 0 Å². The molecule has 2 aliphatic heterocycles. The first-order valence-corrected chi connectivity index (χ1v) is 9.15. The summed E-state index contributed by atoms with van der Waals surface area (Å²) in [5.74, 6) is 0. The zero-order valence-corrected chi connectivity index (χ0v) is 14.8. The molecule has 2 fully saturated rings. The molecule has 1 aromatic rings. The molecular weight excluding hydrogens is 306 g/mol. The fourth-order valence-corrected chi connectivity index (χ4v) is 3.66. The number of hydrogen-bond donors (Lipinski definition) is 2. The van der Waals surface area contributed by atoms with Crippen LogP contribution in [-0.4, -0.2) is 55.4 Å². The molecule has 4 nitrogen and oxygen atoms in total. The maximum Gasteiger partial charge on any atom is 0.169 e. The number of hydrogen-bond acceptors (Lipinski definition) is 2. The van der Waals surface area contributed by atoms with Gasteiger partial charge in [0.15, 0.2) is 5.11 Å². The van der Waals surface area contributed by atoms with E-state index in [4.69, 9.17) is 17.0 Å². The van der Waals surface area contributed by atoms with Gasteiger partial charge in [0, 0.05) is 18.7 Å². The summed E-state index contributed by atoms with van der Waals surface area (Å²) in [4.78, 5) is 3.96. The van der Waals surface area contributed by atoms with Crippen molar-refractivity contribution in [3.63, 3.8) is 0 Å². The van der Waals surface area contributed by atoms with Gasteiger partial charge in [-0.2, -0.15) is 0 Å². The summed E-state index contributed by atoms with van der Waals surface area (Å²) in [5.41, 5.74) is 2.87. The van der Waals surface area contributed by atoms with Crippen LogP contribution in [0.15, 0.2) is 24.3 Å². The van der Waals surface area contributed by atoms with Gasteiger partial charge in [-0.1, -0.05) is 24.3 Å². The zero-order chi connectivity index (χ0) is 16.1. The fourth-order valence-electron chi connectivity index (χ4n) is 3.40. The standard InChI is InChI=1S/C18H27N3OS/c1-15-5-2-3-6-16(15)14-20-8-10-21(11-9-20)18(23)19-13-17-7-4-12-22-17/h2-3,5-6,17H,4,7-14H2,1H3,(H,19,23)/p+1/t17-/m0/s1. The van der Waals surface area contributed by atoms with Crippen molar-refractivity contribution in [1.82, 2.24) is 10.2 Å². The summed E-state index contributed by atoms with van der Waals surface area (Å²) in [5, 5.41) is 4.29. The van der Waals surface area contributed by atoms with E-state index in [0.29, 0.717) is 6.10 Å². The Hall–Kier alpha value is -1.17. The van der Waals surface area contributed by atoms with Crippen molar-refractivity contribution in [2.45, 2.75) is 32.4 Å². The Labute approximate surface area is 144 Å². The van der Waals surface area contributed by atoms with Gasteiger partial charge in [0.1, 0.15) is 6.54 Å². The van der Waals surface area contributed by atoms with Crippen molar-refractivity contribution < 1.29 is 9.64 Å². The minimum absolute atomic E-state index is 0.348. The molecule has 0 unspecified atom stereocenters. The number of ether oxygens (including phenoxy) is 1. The van der Waals surface area contributed by atoms with E-state index in [-0.39, 0.29) is 0 Å². The molecule has 2 saturated heterocycles. The molecule has 1 aromatic carbocycles. The highest BCUT2D eigenvalue weighted by Crippen LogP contribution is 2.10. The maximum atomic E-state index is 5.64. The molecule has 2 aliphatic rings. The van der Waals surface area contributed by atoms with Crippen LogP contribution in [0.1, 0.15) is 24.0 Å². The van der Waals surface area contributed by atoms with E-state index in [1.807, 2.05) is 0 Å². The SMILES string of the molecule is Cc1ccccc1C[NH+]1CCN(C(=S)NC[C@@H]2CCCO2)CC1. The van der Waals surface area contributed by atoms with E-state index < -0.39 is 0 Å². The molecule has 0 spiro atoms. The normalized spacial score (nSPS) is 22.3. The van der Waals surface area contributed by atoms with Crippen LogP contribution in [0.25, 0.3) is 0 Å². The van der Waals surface area contributed by atoms with E-state index in [9.17, 15) is 0 Å². The first-order valence-electron chi connectivity index (χ1n) is 8.75. The predicted octanol–water partition coefficient (Wildman–Crippen LogP) is 0.749. The van der Waals surface area contributed by atoms with Crippen LogP contribution in [0.2, 0.25) is 0 Å². The highest BCUT2D eigenvalue weighted by Gasteiger charge is 2.23. The second-order valence-corrected chi connectivity index (χ2v) is 7.05. The Kier molecular flexibility index (Phi) is 5.86. The molecule has 3 rings (SSSR count). The van der Waals surface area contributed by atoms with E-state index in [1.165, 1.54) is 17.5 Å². The van der Waals surface area contributed by atoms with E-state index in [1.54, 1.807) is 4.90 Å². The minimum atomic E-state index is 0.348. The van der Waals surface area contributed by atoms with Crippen molar-refractivity contribution in [3.05, 3.63) is 35.4 Å².